The number of nitrogens with one attached hydrogen (secondary N) is 1. The molecule has 3 rings (SSSR count). The highest BCUT2D eigenvalue weighted by Crippen LogP contribution is 2.33. The van der Waals surface area contributed by atoms with Crippen molar-refractivity contribution in [1.29, 1.82) is 0 Å². The largest absolute Gasteiger partial charge is 0.367 e. The fraction of sp³-hybridized carbons (Fsp3) is 0.857. The van der Waals surface area contributed by atoms with Crippen molar-refractivity contribution in [2.24, 2.45) is 0 Å². The van der Waals surface area contributed by atoms with Crippen LogP contribution in [0.4, 0.5) is 0 Å². The molecule has 6 nitrogen and oxygen atoms in total. The Morgan fingerprint density at radius 3 is 3.05 bits per heavy atom. The van der Waals surface area contributed by atoms with Crippen molar-refractivity contribution in [2.45, 2.75) is 44.8 Å². The van der Waals surface area contributed by atoms with Gasteiger partial charge in [0, 0.05) is 13.1 Å². The Morgan fingerprint density at radius 2 is 2.35 bits per heavy atom. The number of hydrogen-bond acceptors (Lipinski definition) is 6. The molecule has 1 N–H and O–H groups in total. The molecule has 0 saturated carbocycles. The zero-order valence-electron chi connectivity index (χ0n) is 12.4. The van der Waals surface area contributed by atoms with E-state index in [0.29, 0.717) is 5.82 Å². The summed E-state index contributed by atoms with van der Waals surface area (Å²) in [6.45, 7) is 8.95. The molecule has 2 unspecified atom stereocenters. The molecule has 1 aromatic heterocycles. The van der Waals surface area contributed by atoms with Gasteiger partial charge in [-0.25, -0.2) is 0 Å². The number of morpholine rings is 1. The van der Waals surface area contributed by atoms with E-state index in [2.05, 4.69) is 34.2 Å². The summed E-state index contributed by atoms with van der Waals surface area (Å²) in [5.41, 5.74) is -0.121. The van der Waals surface area contributed by atoms with Crippen molar-refractivity contribution in [3.8, 4) is 0 Å². The predicted molar refractivity (Wildman–Crippen MR) is 74.3 cm³/mol. The Bertz CT molecular complexity index is 442. The maximum absolute atomic E-state index is 5.79. The second-order valence-corrected chi connectivity index (χ2v) is 5.68. The summed E-state index contributed by atoms with van der Waals surface area (Å²) in [5, 5.41) is 7.69. The molecule has 2 saturated heterocycles. The molecule has 2 aliphatic heterocycles. The van der Waals surface area contributed by atoms with E-state index in [-0.39, 0.29) is 11.6 Å². The van der Waals surface area contributed by atoms with Crippen LogP contribution in [0.1, 0.15) is 50.9 Å². The lowest BCUT2D eigenvalue weighted by atomic mass is 9.94. The summed E-state index contributed by atoms with van der Waals surface area (Å²) in [4.78, 5) is 6.99. The second kappa shape index (κ2) is 5.79. The average Bonchev–Trinajstić information content (AvgIpc) is 3.17. The minimum atomic E-state index is -0.121. The average molecular weight is 280 g/mol. The Balaban J connectivity index is 1.76. The van der Waals surface area contributed by atoms with Gasteiger partial charge in [0.2, 0.25) is 11.7 Å². The summed E-state index contributed by atoms with van der Waals surface area (Å²) < 4.78 is 11.3. The van der Waals surface area contributed by atoms with Gasteiger partial charge in [0.1, 0.15) is 6.10 Å². The normalized spacial score (nSPS) is 31.8. The Kier molecular flexibility index (Phi) is 4.05. The van der Waals surface area contributed by atoms with E-state index in [0.717, 1.165) is 57.9 Å². The Hall–Kier alpha value is -0.980. The minimum absolute atomic E-state index is 0.0588. The van der Waals surface area contributed by atoms with E-state index in [1.54, 1.807) is 0 Å². The third-order valence-electron chi connectivity index (χ3n) is 4.58. The van der Waals surface area contributed by atoms with Gasteiger partial charge in [-0.2, -0.15) is 4.98 Å². The predicted octanol–water partition coefficient (Wildman–Crippen LogP) is 1.45. The van der Waals surface area contributed by atoms with Gasteiger partial charge in [0.05, 0.1) is 12.1 Å². The van der Waals surface area contributed by atoms with Crippen LogP contribution in [-0.2, 0) is 10.3 Å². The SMILES string of the molecule is CCN1CCOC(c2noc(C3(CC)CCCN3)n2)C1. The van der Waals surface area contributed by atoms with Crippen LogP contribution in [0, 0.1) is 0 Å². The molecule has 2 fully saturated rings. The van der Waals surface area contributed by atoms with Gasteiger partial charge in [-0.1, -0.05) is 19.0 Å². The van der Waals surface area contributed by atoms with E-state index in [4.69, 9.17) is 9.26 Å². The lowest BCUT2D eigenvalue weighted by Gasteiger charge is -2.30. The maximum Gasteiger partial charge on any atom is 0.247 e. The van der Waals surface area contributed by atoms with Crippen LogP contribution in [0.3, 0.4) is 0 Å². The monoisotopic (exact) mass is 280 g/mol. The van der Waals surface area contributed by atoms with Crippen molar-refractivity contribution in [3.63, 3.8) is 0 Å². The van der Waals surface area contributed by atoms with Crippen molar-refractivity contribution in [3.05, 3.63) is 11.7 Å². The van der Waals surface area contributed by atoms with Gasteiger partial charge < -0.3 is 14.6 Å². The molecule has 2 aliphatic rings. The standard InChI is InChI=1S/C14H24N4O2/c1-3-14(6-5-7-15-14)13-16-12(17-20-13)11-10-18(4-2)8-9-19-11/h11,15H,3-10H2,1-2H3. The van der Waals surface area contributed by atoms with Gasteiger partial charge in [-0.05, 0) is 32.4 Å². The number of ether oxygens (including phenoxy) is 1. The summed E-state index contributed by atoms with van der Waals surface area (Å²) in [5.74, 6) is 1.42. The first-order valence-electron chi connectivity index (χ1n) is 7.70. The van der Waals surface area contributed by atoms with Gasteiger partial charge in [-0.15, -0.1) is 0 Å². The van der Waals surface area contributed by atoms with Crippen LogP contribution >= 0.6 is 0 Å². The topological polar surface area (TPSA) is 63.4 Å². The van der Waals surface area contributed by atoms with Crippen LogP contribution in [0.5, 0.6) is 0 Å². The maximum atomic E-state index is 5.79. The van der Waals surface area contributed by atoms with Crippen LogP contribution < -0.4 is 5.32 Å². The van der Waals surface area contributed by atoms with Gasteiger partial charge in [0.25, 0.3) is 0 Å². The number of likely N-dealkylation sites (N-methyl/N-ethyl adjacent to an activating group) is 1. The summed E-state index contributed by atoms with van der Waals surface area (Å²) in [6, 6.07) is 0. The molecule has 112 valence electrons. The fourth-order valence-electron chi connectivity index (χ4n) is 3.15. The third-order valence-corrected chi connectivity index (χ3v) is 4.58. The first-order chi connectivity index (χ1) is 9.77. The van der Waals surface area contributed by atoms with Crippen molar-refractivity contribution >= 4 is 0 Å². The van der Waals surface area contributed by atoms with E-state index in [9.17, 15) is 0 Å². The van der Waals surface area contributed by atoms with Crippen molar-refractivity contribution < 1.29 is 9.26 Å². The highest BCUT2D eigenvalue weighted by molar-refractivity contribution is 5.07. The van der Waals surface area contributed by atoms with Gasteiger partial charge >= 0.3 is 0 Å². The van der Waals surface area contributed by atoms with Crippen LogP contribution in [0.2, 0.25) is 0 Å². The molecule has 0 radical (unpaired) electrons. The smallest absolute Gasteiger partial charge is 0.247 e. The minimum Gasteiger partial charge on any atom is -0.367 e. The molecular weight excluding hydrogens is 256 g/mol. The molecule has 0 spiro atoms. The molecule has 0 aliphatic carbocycles. The molecule has 0 aromatic carbocycles. The highest BCUT2D eigenvalue weighted by atomic mass is 16.5. The zero-order valence-corrected chi connectivity index (χ0v) is 12.4. The molecule has 0 bridgehead atoms. The molecule has 0 amide bonds. The van der Waals surface area contributed by atoms with E-state index < -0.39 is 0 Å². The Labute approximate surface area is 119 Å². The van der Waals surface area contributed by atoms with Crippen LogP contribution in [-0.4, -0.2) is 47.8 Å². The molecule has 6 heteroatoms. The molecular formula is C14H24N4O2. The van der Waals surface area contributed by atoms with Crippen molar-refractivity contribution in [2.75, 3.05) is 32.8 Å². The first-order valence-corrected chi connectivity index (χ1v) is 7.70. The number of hydrogen-bond donors (Lipinski definition) is 1. The molecule has 20 heavy (non-hydrogen) atoms. The zero-order chi connectivity index (χ0) is 14.0. The summed E-state index contributed by atoms with van der Waals surface area (Å²) in [6.07, 6.45) is 3.14. The molecule has 2 atom stereocenters. The molecule has 1 aromatic rings. The van der Waals surface area contributed by atoms with Crippen molar-refractivity contribution in [1.82, 2.24) is 20.4 Å². The number of rotatable bonds is 4. The first kappa shape index (κ1) is 14.0. The third kappa shape index (κ3) is 2.47. The van der Waals surface area contributed by atoms with E-state index in [1.807, 2.05) is 0 Å². The van der Waals surface area contributed by atoms with Gasteiger partial charge in [0.15, 0.2) is 0 Å². The molecule has 3 heterocycles. The summed E-state index contributed by atoms with van der Waals surface area (Å²) >= 11 is 0. The fourth-order valence-corrected chi connectivity index (χ4v) is 3.15. The number of aromatic nitrogens is 2. The quantitative estimate of drug-likeness (QED) is 0.900. The van der Waals surface area contributed by atoms with E-state index >= 15 is 0 Å². The Morgan fingerprint density at radius 1 is 1.45 bits per heavy atom. The summed E-state index contributed by atoms with van der Waals surface area (Å²) in [7, 11) is 0. The van der Waals surface area contributed by atoms with Gasteiger partial charge in [-0.3, -0.25) is 4.90 Å². The lowest BCUT2D eigenvalue weighted by molar-refractivity contribution is -0.0334. The van der Waals surface area contributed by atoms with Crippen LogP contribution in [0.15, 0.2) is 4.52 Å². The highest BCUT2D eigenvalue weighted by Gasteiger charge is 2.39. The lowest BCUT2D eigenvalue weighted by Crippen LogP contribution is -2.38. The number of nitrogens with zero attached hydrogens (tertiary/aromatic N) is 3. The second-order valence-electron chi connectivity index (χ2n) is 5.68. The van der Waals surface area contributed by atoms with Crippen LogP contribution in [0.25, 0.3) is 0 Å². The van der Waals surface area contributed by atoms with E-state index in [1.165, 1.54) is 0 Å².